The van der Waals surface area contributed by atoms with E-state index in [0.29, 0.717) is 0 Å². The van der Waals surface area contributed by atoms with Crippen molar-refractivity contribution >= 4 is 5.65 Å². The summed E-state index contributed by atoms with van der Waals surface area (Å²) < 4.78 is 1.88. The highest BCUT2D eigenvalue weighted by Crippen LogP contribution is 2.18. The van der Waals surface area contributed by atoms with Crippen LogP contribution in [0.2, 0.25) is 0 Å². The molecule has 3 aromatic rings. The van der Waals surface area contributed by atoms with Crippen LogP contribution in [0.25, 0.3) is 16.9 Å². The van der Waals surface area contributed by atoms with Crippen LogP contribution in [0.4, 0.5) is 0 Å². The molecule has 0 bridgehead atoms. The molecule has 0 aromatic carbocycles. The summed E-state index contributed by atoms with van der Waals surface area (Å²) in [4.78, 5) is 8.57. The van der Waals surface area contributed by atoms with Crippen molar-refractivity contribution in [3.63, 3.8) is 0 Å². The summed E-state index contributed by atoms with van der Waals surface area (Å²) in [6.07, 6.45) is 10.8. The Morgan fingerprint density at radius 3 is 2.88 bits per heavy atom. The lowest BCUT2D eigenvalue weighted by molar-refractivity contribution is 1.16. The van der Waals surface area contributed by atoms with Crippen LogP contribution in [0.3, 0.4) is 0 Å². The van der Waals surface area contributed by atoms with Crippen LogP contribution < -0.4 is 0 Å². The maximum absolute atomic E-state index is 5.39. The Labute approximate surface area is 98.8 Å². The van der Waals surface area contributed by atoms with Crippen molar-refractivity contribution in [2.24, 2.45) is 0 Å². The lowest BCUT2D eigenvalue weighted by Crippen LogP contribution is -1.89. The number of aromatic nitrogens is 3. The third-order valence-electron chi connectivity index (χ3n) is 2.62. The molecule has 3 nitrogen and oxygen atoms in total. The van der Waals surface area contributed by atoms with Gasteiger partial charge in [-0.1, -0.05) is 12.0 Å². The van der Waals surface area contributed by atoms with Crippen LogP contribution in [0.15, 0.2) is 48.9 Å². The molecular formula is C14H9N3. The van der Waals surface area contributed by atoms with Crippen LogP contribution in [-0.4, -0.2) is 14.4 Å². The molecule has 0 atom stereocenters. The van der Waals surface area contributed by atoms with Gasteiger partial charge in [0.05, 0.1) is 11.9 Å². The van der Waals surface area contributed by atoms with Crippen molar-refractivity contribution in [3.05, 3.63) is 54.6 Å². The van der Waals surface area contributed by atoms with Gasteiger partial charge in [0.25, 0.3) is 0 Å². The van der Waals surface area contributed by atoms with E-state index in [1.165, 1.54) is 0 Å². The molecule has 0 aliphatic rings. The van der Waals surface area contributed by atoms with Crippen LogP contribution in [-0.2, 0) is 0 Å². The highest BCUT2D eigenvalue weighted by Gasteiger charge is 2.03. The van der Waals surface area contributed by atoms with Gasteiger partial charge >= 0.3 is 0 Å². The minimum absolute atomic E-state index is 0.757. The standard InChI is InChI=1S/C14H9N3/c1-2-12-10-16-14-9-11(6-8-17(12)14)13-5-3-4-7-15-13/h1,3-10H. The molecule has 0 aliphatic heterocycles. The predicted molar refractivity (Wildman–Crippen MR) is 66.4 cm³/mol. The van der Waals surface area contributed by atoms with Gasteiger partial charge in [0.1, 0.15) is 11.3 Å². The molecule has 0 amide bonds. The maximum atomic E-state index is 5.39. The second kappa shape index (κ2) is 3.76. The summed E-state index contributed by atoms with van der Waals surface area (Å²) in [7, 11) is 0. The Bertz CT molecular complexity index is 705. The van der Waals surface area contributed by atoms with E-state index in [1.54, 1.807) is 12.4 Å². The molecule has 3 heteroatoms. The third-order valence-corrected chi connectivity index (χ3v) is 2.62. The molecule has 3 aromatic heterocycles. The Morgan fingerprint density at radius 2 is 2.12 bits per heavy atom. The van der Waals surface area contributed by atoms with Crippen LogP contribution in [0.5, 0.6) is 0 Å². The van der Waals surface area contributed by atoms with Gasteiger partial charge in [-0.15, -0.1) is 6.42 Å². The summed E-state index contributed by atoms with van der Waals surface area (Å²) in [6, 6.07) is 9.79. The lowest BCUT2D eigenvalue weighted by Gasteiger charge is -2.01. The first-order valence-electron chi connectivity index (χ1n) is 5.23. The molecule has 0 unspecified atom stereocenters. The Morgan fingerprint density at radius 1 is 1.18 bits per heavy atom. The molecule has 0 aliphatic carbocycles. The fraction of sp³-hybridized carbons (Fsp3) is 0. The summed E-state index contributed by atoms with van der Waals surface area (Å²) in [5.41, 5.74) is 3.56. The van der Waals surface area contributed by atoms with Gasteiger partial charge in [0.2, 0.25) is 0 Å². The first-order valence-corrected chi connectivity index (χ1v) is 5.23. The van der Waals surface area contributed by atoms with Crippen molar-refractivity contribution < 1.29 is 0 Å². The molecular weight excluding hydrogens is 210 g/mol. The van der Waals surface area contributed by atoms with E-state index in [0.717, 1.165) is 22.6 Å². The SMILES string of the molecule is C#Cc1cnc2cc(-c3ccccn3)ccn12. The van der Waals surface area contributed by atoms with Gasteiger partial charge < -0.3 is 0 Å². The van der Waals surface area contributed by atoms with E-state index in [4.69, 9.17) is 6.42 Å². The number of nitrogens with zero attached hydrogens (tertiary/aromatic N) is 3. The normalized spacial score (nSPS) is 10.3. The zero-order valence-corrected chi connectivity index (χ0v) is 9.04. The highest BCUT2D eigenvalue weighted by atomic mass is 15.0. The number of terminal acetylenes is 1. The fourth-order valence-corrected chi connectivity index (χ4v) is 1.78. The third kappa shape index (κ3) is 1.56. The zero-order chi connectivity index (χ0) is 11.7. The zero-order valence-electron chi connectivity index (χ0n) is 9.04. The maximum Gasteiger partial charge on any atom is 0.138 e. The van der Waals surface area contributed by atoms with Gasteiger partial charge in [0, 0.05) is 18.0 Å². The second-order valence-electron chi connectivity index (χ2n) is 3.65. The van der Waals surface area contributed by atoms with Crippen LogP contribution >= 0.6 is 0 Å². The van der Waals surface area contributed by atoms with E-state index < -0.39 is 0 Å². The van der Waals surface area contributed by atoms with Crippen molar-refractivity contribution in [3.8, 4) is 23.6 Å². The Kier molecular flexibility index (Phi) is 2.13. The molecule has 0 saturated carbocycles. The van der Waals surface area contributed by atoms with Crippen molar-refractivity contribution in [2.45, 2.75) is 0 Å². The van der Waals surface area contributed by atoms with E-state index in [2.05, 4.69) is 15.9 Å². The number of hydrogen-bond donors (Lipinski definition) is 0. The average molecular weight is 219 g/mol. The highest BCUT2D eigenvalue weighted by molar-refractivity contribution is 5.64. The summed E-state index contributed by atoms with van der Waals surface area (Å²) in [5, 5.41) is 0. The van der Waals surface area contributed by atoms with Crippen molar-refractivity contribution in [1.82, 2.24) is 14.4 Å². The summed E-state index contributed by atoms with van der Waals surface area (Å²) in [5.74, 6) is 2.59. The van der Waals surface area contributed by atoms with E-state index in [9.17, 15) is 0 Å². The molecule has 3 heterocycles. The molecule has 0 radical (unpaired) electrons. The Balaban J connectivity index is 2.19. The molecule has 17 heavy (non-hydrogen) atoms. The Hall–Kier alpha value is -2.60. The van der Waals surface area contributed by atoms with Gasteiger partial charge in [0.15, 0.2) is 0 Å². The van der Waals surface area contributed by atoms with Gasteiger partial charge in [-0.05, 0) is 24.3 Å². The number of rotatable bonds is 1. The fourth-order valence-electron chi connectivity index (χ4n) is 1.78. The monoisotopic (exact) mass is 219 g/mol. The molecule has 0 fully saturated rings. The van der Waals surface area contributed by atoms with E-state index >= 15 is 0 Å². The number of pyridine rings is 2. The quantitative estimate of drug-likeness (QED) is 0.588. The number of imidazole rings is 1. The number of fused-ring (bicyclic) bond motifs is 1. The van der Waals surface area contributed by atoms with Crippen LogP contribution in [0, 0.1) is 12.3 Å². The molecule has 0 N–H and O–H groups in total. The van der Waals surface area contributed by atoms with Gasteiger partial charge in [-0.3, -0.25) is 9.38 Å². The van der Waals surface area contributed by atoms with Crippen molar-refractivity contribution in [1.29, 1.82) is 0 Å². The first-order chi connectivity index (χ1) is 8.38. The largest absolute Gasteiger partial charge is 0.293 e. The second-order valence-corrected chi connectivity index (χ2v) is 3.65. The first kappa shape index (κ1) is 9.61. The van der Waals surface area contributed by atoms with E-state index in [1.807, 2.05) is 40.9 Å². The van der Waals surface area contributed by atoms with Crippen LogP contribution in [0.1, 0.15) is 5.69 Å². The molecule has 0 saturated heterocycles. The summed E-state index contributed by atoms with van der Waals surface area (Å²) >= 11 is 0. The minimum Gasteiger partial charge on any atom is -0.293 e. The number of hydrogen-bond acceptors (Lipinski definition) is 2. The lowest BCUT2D eigenvalue weighted by atomic mass is 10.2. The minimum atomic E-state index is 0.757. The summed E-state index contributed by atoms with van der Waals surface area (Å²) in [6.45, 7) is 0. The molecule has 0 spiro atoms. The molecule has 80 valence electrons. The predicted octanol–water partition coefficient (Wildman–Crippen LogP) is 2.38. The van der Waals surface area contributed by atoms with E-state index in [-0.39, 0.29) is 0 Å². The molecule has 3 rings (SSSR count). The average Bonchev–Trinajstić information content (AvgIpc) is 2.81. The van der Waals surface area contributed by atoms with Gasteiger partial charge in [-0.2, -0.15) is 0 Å². The topological polar surface area (TPSA) is 30.2 Å². The van der Waals surface area contributed by atoms with Crippen molar-refractivity contribution in [2.75, 3.05) is 0 Å². The smallest absolute Gasteiger partial charge is 0.138 e. The van der Waals surface area contributed by atoms with Gasteiger partial charge in [-0.25, -0.2) is 4.98 Å².